The SMILES string of the molecule is COC(=O)C[C@H](N)C(=O)c1cccc(C=O)c1NCCC(C)(C)C. The Bertz CT molecular complexity index is 606. The second kappa shape index (κ2) is 8.59. The molecular weight excluding hydrogens is 308 g/mol. The van der Waals surface area contributed by atoms with E-state index in [1.165, 1.54) is 7.11 Å². The molecule has 0 fully saturated rings. The van der Waals surface area contributed by atoms with E-state index in [9.17, 15) is 14.4 Å². The van der Waals surface area contributed by atoms with Crippen molar-refractivity contribution in [1.29, 1.82) is 0 Å². The van der Waals surface area contributed by atoms with Crippen LogP contribution in [-0.4, -0.2) is 37.7 Å². The van der Waals surface area contributed by atoms with Gasteiger partial charge in [-0.3, -0.25) is 14.4 Å². The van der Waals surface area contributed by atoms with Gasteiger partial charge in [0, 0.05) is 17.7 Å². The summed E-state index contributed by atoms with van der Waals surface area (Å²) in [6.07, 6.45) is 1.35. The van der Waals surface area contributed by atoms with Crippen LogP contribution in [0.15, 0.2) is 18.2 Å². The average Bonchev–Trinajstić information content (AvgIpc) is 2.52. The molecule has 0 radical (unpaired) electrons. The Morgan fingerprint density at radius 2 is 2.00 bits per heavy atom. The summed E-state index contributed by atoms with van der Waals surface area (Å²) in [6, 6.07) is 3.85. The Labute approximate surface area is 142 Å². The number of Topliss-reactive ketones (excluding diaryl/α,β-unsaturated/α-hetero) is 1. The van der Waals surface area contributed by atoms with Crippen LogP contribution < -0.4 is 11.1 Å². The van der Waals surface area contributed by atoms with Gasteiger partial charge in [-0.2, -0.15) is 0 Å². The maximum absolute atomic E-state index is 12.6. The highest BCUT2D eigenvalue weighted by atomic mass is 16.5. The van der Waals surface area contributed by atoms with Gasteiger partial charge in [-0.25, -0.2) is 0 Å². The number of para-hydroxylation sites is 1. The fourth-order valence-corrected chi connectivity index (χ4v) is 2.19. The van der Waals surface area contributed by atoms with E-state index in [0.717, 1.165) is 6.42 Å². The van der Waals surface area contributed by atoms with Crippen LogP contribution in [0.5, 0.6) is 0 Å². The summed E-state index contributed by atoms with van der Waals surface area (Å²) in [6.45, 7) is 6.94. The Balaban J connectivity index is 3.02. The van der Waals surface area contributed by atoms with Gasteiger partial charge in [0.25, 0.3) is 0 Å². The molecule has 0 heterocycles. The quantitative estimate of drug-likeness (QED) is 0.430. The minimum absolute atomic E-state index is 0.120. The minimum atomic E-state index is -1.01. The van der Waals surface area contributed by atoms with Gasteiger partial charge in [0.2, 0.25) is 0 Å². The molecule has 3 N–H and O–H groups in total. The number of benzene rings is 1. The van der Waals surface area contributed by atoms with Crippen LogP contribution in [0.4, 0.5) is 5.69 Å². The maximum Gasteiger partial charge on any atom is 0.307 e. The van der Waals surface area contributed by atoms with Crippen molar-refractivity contribution in [2.45, 2.75) is 39.7 Å². The normalized spacial score (nSPS) is 12.4. The summed E-state index contributed by atoms with van der Waals surface area (Å²) in [5.41, 5.74) is 7.10. The van der Waals surface area contributed by atoms with E-state index in [1.807, 2.05) is 0 Å². The molecule has 0 bridgehead atoms. The molecular formula is C18H26N2O4. The first-order chi connectivity index (χ1) is 11.2. The molecule has 0 unspecified atom stereocenters. The van der Waals surface area contributed by atoms with Crippen molar-refractivity contribution < 1.29 is 19.1 Å². The summed E-state index contributed by atoms with van der Waals surface area (Å²) in [7, 11) is 1.24. The predicted octanol–water partition coefficient (Wildman–Crippen LogP) is 2.42. The van der Waals surface area contributed by atoms with Crippen LogP contribution in [0.1, 0.15) is 54.3 Å². The van der Waals surface area contributed by atoms with Gasteiger partial charge in [-0.05, 0) is 24.0 Å². The largest absolute Gasteiger partial charge is 0.469 e. The first-order valence-electron chi connectivity index (χ1n) is 7.88. The van der Waals surface area contributed by atoms with E-state index in [1.54, 1.807) is 18.2 Å². The van der Waals surface area contributed by atoms with Gasteiger partial charge in [-0.1, -0.05) is 26.8 Å². The molecule has 0 aliphatic rings. The fraction of sp³-hybridized carbons (Fsp3) is 0.500. The van der Waals surface area contributed by atoms with Gasteiger partial charge >= 0.3 is 5.97 Å². The zero-order valence-corrected chi connectivity index (χ0v) is 14.7. The van der Waals surface area contributed by atoms with Crippen LogP contribution in [0.3, 0.4) is 0 Å². The van der Waals surface area contributed by atoms with Crippen LogP contribution in [0, 0.1) is 5.41 Å². The second-order valence-corrected chi connectivity index (χ2v) is 6.88. The van der Waals surface area contributed by atoms with Crippen molar-refractivity contribution in [3.63, 3.8) is 0 Å². The number of ether oxygens (including phenoxy) is 1. The highest BCUT2D eigenvalue weighted by Crippen LogP contribution is 2.24. The number of nitrogens with two attached hydrogens (primary N) is 1. The van der Waals surface area contributed by atoms with E-state index >= 15 is 0 Å². The number of nitrogens with one attached hydrogen (secondary N) is 1. The van der Waals surface area contributed by atoms with E-state index in [2.05, 4.69) is 30.8 Å². The summed E-state index contributed by atoms with van der Waals surface area (Å²) in [5.74, 6) is -0.952. The number of rotatable bonds is 8. The van der Waals surface area contributed by atoms with Gasteiger partial charge in [0.1, 0.15) is 0 Å². The lowest BCUT2D eigenvalue weighted by Gasteiger charge is -2.21. The van der Waals surface area contributed by atoms with E-state index in [4.69, 9.17) is 5.73 Å². The molecule has 0 aromatic heterocycles. The lowest BCUT2D eigenvalue weighted by Crippen LogP contribution is -2.34. The molecule has 1 aromatic carbocycles. The number of aldehydes is 1. The third-order valence-corrected chi connectivity index (χ3v) is 3.62. The van der Waals surface area contributed by atoms with Crippen molar-refractivity contribution in [2.24, 2.45) is 11.1 Å². The summed E-state index contributed by atoms with van der Waals surface area (Å²) >= 11 is 0. The maximum atomic E-state index is 12.6. The van der Waals surface area contributed by atoms with Gasteiger partial charge < -0.3 is 15.8 Å². The molecule has 1 aromatic rings. The molecule has 0 aliphatic carbocycles. The zero-order valence-electron chi connectivity index (χ0n) is 14.7. The van der Waals surface area contributed by atoms with Crippen LogP contribution in [-0.2, 0) is 9.53 Å². The lowest BCUT2D eigenvalue weighted by atomic mass is 9.92. The Hall–Kier alpha value is -2.21. The first-order valence-corrected chi connectivity index (χ1v) is 7.88. The number of methoxy groups -OCH3 is 1. The number of carbonyl (C=O) groups is 3. The predicted molar refractivity (Wildman–Crippen MR) is 93.3 cm³/mol. The fourth-order valence-electron chi connectivity index (χ4n) is 2.19. The van der Waals surface area contributed by atoms with Gasteiger partial charge in [0.05, 0.1) is 25.3 Å². The minimum Gasteiger partial charge on any atom is -0.469 e. The van der Waals surface area contributed by atoms with E-state index in [0.29, 0.717) is 29.6 Å². The van der Waals surface area contributed by atoms with Gasteiger partial charge in [0.15, 0.2) is 12.1 Å². The zero-order chi connectivity index (χ0) is 18.3. The third kappa shape index (κ3) is 5.77. The highest BCUT2D eigenvalue weighted by Gasteiger charge is 2.23. The molecule has 132 valence electrons. The molecule has 0 spiro atoms. The smallest absolute Gasteiger partial charge is 0.307 e. The summed E-state index contributed by atoms with van der Waals surface area (Å²) in [4.78, 5) is 35.2. The van der Waals surface area contributed by atoms with Crippen molar-refractivity contribution in [3.8, 4) is 0 Å². The van der Waals surface area contributed by atoms with Gasteiger partial charge in [-0.15, -0.1) is 0 Å². The molecule has 6 nitrogen and oxygen atoms in total. The molecule has 6 heteroatoms. The van der Waals surface area contributed by atoms with Crippen LogP contribution >= 0.6 is 0 Å². The molecule has 24 heavy (non-hydrogen) atoms. The summed E-state index contributed by atoms with van der Waals surface area (Å²) in [5, 5.41) is 3.17. The molecule has 0 amide bonds. The lowest BCUT2D eigenvalue weighted by molar-refractivity contribution is -0.140. The Morgan fingerprint density at radius 3 is 2.54 bits per heavy atom. The van der Waals surface area contributed by atoms with Crippen molar-refractivity contribution in [1.82, 2.24) is 0 Å². The van der Waals surface area contributed by atoms with Crippen molar-refractivity contribution in [3.05, 3.63) is 29.3 Å². The monoisotopic (exact) mass is 334 g/mol. The average molecular weight is 334 g/mol. The Morgan fingerprint density at radius 1 is 1.33 bits per heavy atom. The van der Waals surface area contributed by atoms with Crippen molar-refractivity contribution in [2.75, 3.05) is 19.0 Å². The number of hydrogen-bond donors (Lipinski definition) is 2. The molecule has 0 saturated carbocycles. The van der Waals surface area contributed by atoms with E-state index in [-0.39, 0.29) is 11.8 Å². The van der Waals surface area contributed by atoms with Crippen LogP contribution in [0.2, 0.25) is 0 Å². The number of anilines is 1. The molecule has 0 saturated heterocycles. The molecule has 1 rings (SSSR count). The number of carbonyl (C=O) groups excluding carboxylic acids is 3. The molecule has 1 atom stereocenters. The molecule has 0 aliphatic heterocycles. The third-order valence-electron chi connectivity index (χ3n) is 3.62. The number of hydrogen-bond acceptors (Lipinski definition) is 6. The highest BCUT2D eigenvalue weighted by molar-refractivity contribution is 6.08. The van der Waals surface area contributed by atoms with Crippen LogP contribution in [0.25, 0.3) is 0 Å². The first kappa shape index (κ1) is 19.8. The second-order valence-electron chi connectivity index (χ2n) is 6.88. The Kier molecular flexibility index (Phi) is 7.10. The summed E-state index contributed by atoms with van der Waals surface area (Å²) < 4.78 is 4.54. The topological polar surface area (TPSA) is 98.5 Å². The standard InChI is InChI=1S/C18H26N2O4/c1-18(2,3)8-9-20-16-12(11-21)6-5-7-13(16)17(23)14(19)10-15(22)24-4/h5-7,11,14,20H,8-10,19H2,1-4H3/t14-/m0/s1. The van der Waals surface area contributed by atoms with Crippen molar-refractivity contribution >= 4 is 23.7 Å². The number of esters is 1. The number of ketones is 1. The van der Waals surface area contributed by atoms with E-state index < -0.39 is 17.8 Å².